The SMILES string of the molecule is C=CC(C)Oc1ccc(S(N)(=O)=O)cc1C. The quantitative estimate of drug-likeness (QED) is 0.814. The third-order valence-corrected chi connectivity index (χ3v) is 3.03. The van der Waals surface area contributed by atoms with E-state index in [9.17, 15) is 8.42 Å². The lowest BCUT2D eigenvalue weighted by Gasteiger charge is -2.13. The van der Waals surface area contributed by atoms with E-state index in [4.69, 9.17) is 9.88 Å². The molecule has 0 amide bonds. The van der Waals surface area contributed by atoms with Crippen molar-refractivity contribution in [1.82, 2.24) is 0 Å². The van der Waals surface area contributed by atoms with Crippen molar-refractivity contribution < 1.29 is 13.2 Å². The predicted molar refractivity (Wildman–Crippen MR) is 62.8 cm³/mol. The van der Waals surface area contributed by atoms with Gasteiger partial charge in [0.2, 0.25) is 10.0 Å². The molecule has 1 atom stereocenters. The van der Waals surface area contributed by atoms with E-state index in [1.807, 2.05) is 6.92 Å². The number of sulfonamides is 1. The van der Waals surface area contributed by atoms with Crippen LogP contribution >= 0.6 is 0 Å². The first-order valence-corrected chi connectivity index (χ1v) is 6.32. The summed E-state index contributed by atoms with van der Waals surface area (Å²) in [6.45, 7) is 7.21. The maximum Gasteiger partial charge on any atom is 0.238 e. The maximum atomic E-state index is 11.1. The summed E-state index contributed by atoms with van der Waals surface area (Å²) in [5, 5.41) is 5.02. The van der Waals surface area contributed by atoms with E-state index in [0.717, 1.165) is 5.56 Å². The van der Waals surface area contributed by atoms with Crippen molar-refractivity contribution in [2.45, 2.75) is 24.8 Å². The van der Waals surface area contributed by atoms with Crippen LogP contribution in [0.15, 0.2) is 35.7 Å². The van der Waals surface area contributed by atoms with E-state index in [-0.39, 0.29) is 11.0 Å². The molecule has 0 spiro atoms. The average molecular weight is 241 g/mol. The molecular formula is C11H15NO3S. The lowest BCUT2D eigenvalue weighted by molar-refractivity contribution is 0.268. The zero-order chi connectivity index (χ0) is 12.3. The molecular weight excluding hydrogens is 226 g/mol. The molecule has 0 aromatic heterocycles. The Morgan fingerprint density at radius 1 is 1.50 bits per heavy atom. The second kappa shape index (κ2) is 4.67. The topological polar surface area (TPSA) is 69.4 Å². The first kappa shape index (κ1) is 12.7. The number of hydrogen-bond donors (Lipinski definition) is 1. The van der Waals surface area contributed by atoms with Crippen molar-refractivity contribution in [2.24, 2.45) is 5.14 Å². The van der Waals surface area contributed by atoms with Gasteiger partial charge in [-0.05, 0) is 37.6 Å². The Morgan fingerprint density at radius 2 is 2.12 bits per heavy atom. The van der Waals surface area contributed by atoms with E-state index in [2.05, 4.69) is 6.58 Å². The minimum atomic E-state index is -3.65. The zero-order valence-corrected chi connectivity index (χ0v) is 10.1. The Bertz CT molecular complexity index is 494. The summed E-state index contributed by atoms with van der Waals surface area (Å²) < 4.78 is 27.7. The summed E-state index contributed by atoms with van der Waals surface area (Å²) in [7, 11) is -3.65. The fourth-order valence-corrected chi connectivity index (χ4v) is 1.78. The fraction of sp³-hybridized carbons (Fsp3) is 0.273. The largest absolute Gasteiger partial charge is 0.486 e. The van der Waals surface area contributed by atoms with E-state index in [1.165, 1.54) is 12.1 Å². The molecule has 16 heavy (non-hydrogen) atoms. The number of benzene rings is 1. The molecule has 0 aliphatic heterocycles. The summed E-state index contributed by atoms with van der Waals surface area (Å²) >= 11 is 0. The highest BCUT2D eigenvalue weighted by molar-refractivity contribution is 7.89. The van der Waals surface area contributed by atoms with Gasteiger partial charge in [-0.3, -0.25) is 0 Å². The Balaban J connectivity index is 3.05. The minimum Gasteiger partial charge on any atom is -0.486 e. The molecule has 2 N–H and O–H groups in total. The Hall–Kier alpha value is -1.33. The molecule has 1 aromatic rings. The van der Waals surface area contributed by atoms with Crippen LogP contribution in [-0.4, -0.2) is 14.5 Å². The first-order chi connectivity index (χ1) is 7.34. The molecule has 0 saturated carbocycles. The molecule has 1 unspecified atom stereocenters. The molecule has 1 aromatic carbocycles. The minimum absolute atomic E-state index is 0.0867. The second-order valence-electron chi connectivity index (χ2n) is 3.53. The van der Waals surface area contributed by atoms with Crippen LogP contribution in [0.5, 0.6) is 5.75 Å². The standard InChI is InChI=1S/C11H15NO3S/c1-4-9(3)15-11-6-5-10(7-8(11)2)16(12,13)14/h4-7,9H,1H2,2-3H3,(H2,12,13,14). The van der Waals surface area contributed by atoms with Gasteiger partial charge in [0.15, 0.2) is 0 Å². The van der Waals surface area contributed by atoms with Crippen molar-refractivity contribution in [3.05, 3.63) is 36.4 Å². The highest BCUT2D eigenvalue weighted by Crippen LogP contribution is 2.22. The van der Waals surface area contributed by atoms with Gasteiger partial charge in [0.25, 0.3) is 0 Å². The molecule has 5 heteroatoms. The summed E-state index contributed by atoms with van der Waals surface area (Å²) in [5.41, 5.74) is 0.722. The molecule has 88 valence electrons. The van der Waals surface area contributed by atoms with E-state index in [0.29, 0.717) is 5.75 Å². The van der Waals surface area contributed by atoms with Crippen LogP contribution in [0.1, 0.15) is 12.5 Å². The van der Waals surface area contributed by atoms with Gasteiger partial charge in [-0.15, -0.1) is 0 Å². The molecule has 4 nitrogen and oxygen atoms in total. The highest BCUT2D eigenvalue weighted by atomic mass is 32.2. The Morgan fingerprint density at radius 3 is 2.56 bits per heavy atom. The summed E-state index contributed by atoms with van der Waals surface area (Å²) in [6, 6.07) is 4.50. The molecule has 0 aliphatic rings. The molecule has 0 heterocycles. The van der Waals surface area contributed by atoms with Crippen LogP contribution in [0.2, 0.25) is 0 Å². The van der Waals surface area contributed by atoms with Gasteiger partial charge in [0.1, 0.15) is 11.9 Å². The number of primary sulfonamides is 1. The number of nitrogens with two attached hydrogens (primary N) is 1. The summed E-state index contributed by atoms with van der Waals surface area (Å²) in [5.74, 6) is 0.625. The van der Waals surface area contributed by atoms with Crippen LogP contribution in [0.3, 0.4) is 0 Å². The molecule has 1 rings (SSSR count). The lowest BCUT2D eigenvalue weighted by Crippen LogP contribution is -2.13. The number of rotatable bonds is 4. The van der Waals surface area contributed by atoms with Crippen molar-refractivity contribution in [3.8, 4) is 5.75 Å². The number of ether oxygens (including phenoxy) is 1. The van der Waals surface area contributed by atoms with Crippen LogP contribution in [0, 0.1) is 6.92 Å². The van der Waals surface area contributed by atoms with Crippen molar-refractivity contribution in [3.63, 3.8) is 0 Å². The normalized spacial score (nSPS) is 13.2. The monoisotopic (exact) mass is 241 g/mol. The van der Waals surface area contributed by atoms with Crippen molar-refractivity contribution >= 4 is 10.0 Å². The van der Waals surface area contributed by atoms with Gasteiger partial charge >= 0.3 is 0 Å². The van der Waals surface area contributed by atoms with Crippen LogP contribution in [0.25, 0.3) is 0 Å². The number of aryl methyl sites for hydroxylation is 1. The molecule has 0 fully saturated rings. The first-order valence-electron chi connectivity index (χ1n) is 4.77. The van der Waals surface area contributed by atoms with E-state index in [1.54, 1.807) is 19.1 Å². The van der Waals surface area contributed by atoms with Gasteiger partial charge in [-0.2, -0.15) is 0 Å². The van der Waals surface area contributed by atoms with Gasteiger partial charge in [-0.25, -0.2) is 13.6 Å². The summed E-state index contributed by atoms with van der Waals surface area (Å²) in [4.78, 5) is 0.0867. The lowest BCUT2D eigenvalue weighted by atomic mass is 10.2. The smallest absolute Gasteiger partial charge is 0.238 e. The zero-order valence-electron chi connectivity index (χ0n) is 9.30. The van der Waals surface area contributed by atoms with Gasteiger partial charge in [0, 0.05) is 0 Å². The van der Waals surface area contributed by atoms with E-state index < -0.39 is 10.0 Å². The third-order valence-electron chi connectivity index (χ3n) is 2.12. The third kappa shape index (κ3) is 3.08. The van der Waals surface area contributed by atoms with Crippen molar-refractivity contribution in [1.29, 1.82) is 0 Å². The van der Waals surface area contributed by atoms with Gasteiger partial charge in [0.05, 0.1) is 4.90 Å². The predicted octanol–water partition coefficient (Wildman–Crippen LogP) is 1.60. The highest BCUT2D eigenvalue weighted by Gasteiger charge is 2.10. The molecule has 0 saturated heterocycles. The Labute approximate surface area is 95.8 Å². The molecule has 0 aliphatic carbocycles. The maximum absolute atomic E-state index is 11.1. The Kier molecular flexibility index (Phi) is 3.72. The summed E-state index contributed by atoms with van der Waals surface area (Å²) in [6.07, 6.45) is 1.53. The van der Waals surface area contributed by atoms with Crippen LogP contribution in [0.4, 0.5) is 0 Å². The van der Waals surface area contributed by atoms with Gasteiger partial charge < -0.3 is 4.74 Å². The molecule has 0 radical (unpaired) electrons. The fourth-order valence-electron chi connectivity index (χ4n) is 1.18. The molecule has 0 bridgehead atoms. The second-order valence-corrected chi connectivity index (χ2v) is 5.09. The van der Waals surface area contributed by atoms with Crippen LogP contribution < -0.4 is 9.88 Å². The van der Waals surface area contributed by atoms with Gasteiger partial charge in [-0.1, -0.05) is 12.7 Å². The van der Waals surface area contributed by atoms with E-state index >= 15 is 0 Å². The number of hydrogen-bond acceptors (Lipinski definition) is 3. The average Bonchev–Trinajstić information content (AvgIpc) is 2.19. The van der Waals surface area contributed by atoms with Crippen molar-refractivity contribution in [2.75, 3.05) is 0 Å². The van der Waals surface area contributed by atoms with Crippen LogP contribution in [-0.2, 0) is 10.0 Å².